The number of nitro benzene ring substituents is 1. The van der Waals surface area contributed by atoms with Gasteiger partial charge in [0.2, 0.25) is 5.91 Å². The molecule has 7 nitrogen and oxygen atoms in total. The smallest absolute Gasteiger partial charge is 0.311 e. The molecule has 1 fully saturated rings. The number of methoxy groups -OCH3 is 1. The van der Waals surface area contributed by atoms with E-state index in [1.165, 1.54) is 13.2 Å². The van der Waals surface area contributed by atoms with Gasteiger partial charge in [0.25, 0.3) is 0 Å². The average molecular weight is 307 g/mol. The molecule has 1 aliphatic rings. The van der Waals surface area contributed by atoms with E-state index in [0.29, 0.717) is 6.54 Å². The Kier molecular flexibility index (Phi) is 5.32. The van der Waals surface area contributed by atoms with Gasteiger partial charge in [0.05, 0.1) is 18.0 Å². The topological polar surface area (TPSA) is 107 Å². The number of ether oxygens (including phenoxy) is 1. The van der Waals surface area contributed by atoms with Crippen LogP contribution >= 0.6 is 0 Å². The molecule has 0 unspecified atom stereocenters. The second-order valence-electron chi connectivity index (χ2n) is 5.54. The molecule has 0 saturated heterocycles. The Morgan fingerprint density at radius 3 is 2.82 bits per heavy atom. The Labute approximate surface area is 129 Å². The van der Waals surface area contributed by atoms with E-state index < -0.39 is 4.92 Å². The van der Waals surface area contributed by atoms with E-state index >= 15 is 0 Å². The van der Waals surface area contributed by atoms with Crippen molar-refractivity contribution in [3.05, 3.63) is 33.9 Å². The summed E-state index contributed by atoms with van der Waals surface area (Å²) in [5.41, 5.74) is 6.16. The van der Waals surface area contributed by atoms with Gasteiger partial charge in [-0.2, -0.15) is 0 Å². The summed E-state index contributed by atoms with van der Waals surface area (Å²) in [6.07, 6.45) is 3.77. The van der Waals surface area contributed by atoms with Crippen LogP contribution in [0.2, 0.25) is 0 Å². The monoisotopic (exact) mass is 307 g/mol. The number of rotatable bonds is 6. The maximum absolute atomic E-state index is 11.5. The van der Waals surface area contributed by atoms with Crippen molar-refractivity contribution in [1.82, 2.24) is 5.32 Å². The van der Waals surface area contributed by atoms with Gasteiger partial charge in [-0.1, -0.05) is 18.9 Å². The molecule has 2 rings (SSSR count). The number of nitrogens with zero attached hydrogens (tertiary/aromatic N) is 1. The summed E-state index contributed by atoms with van der Waals surface area (Å²) in [5, 5.41) is 14.3. The van der Waals surface area contributed by atoms with Crippen LogP contribution < -0.4 is 15.8 Å². The summed E-state index contributed by atoms with van der Waals surface area (Å²) in [7, 11) is 1.40. The SMILES string of the molecule is COc1ccc(CN[C@@H]2CCCC[C@@H]2C(N)=O)cc1[N+](=O)[O-]. The molecule has 3 N–H and O–H groups in total. The van der Waals surface area contributed by atoms with E-state index in [9.17, 15) is 14.9 Å². The molecule has 1 amide bonds. The van der Waals surface area contributed by atoms with Crippen molar-refractivity contribution < 1.29 is 14.5 Å². The maximum atomic E-state index is 11.5. The Balaban J connectivity index is 2.06. The first-order valence-corrected chi connectivity index (χ1v) is 7.37. The van der Waals surface area contributed by atoms with Crippen LogP contribution in [0.25, 0.3) is 0 Å². The molecule has 0 bridgehead atoms. The van der Waals surface area contributed by atoms with Crippen molar-refractivity contribution in [2.45, 2.75) is 38.3 Å². The van der Waals surface area contributed by atoms with Crippen LogP contribution in [0, 0.1) is 16.0 Å². The van der Waals surface area contributed by atoms with Gasteiger partial charge in [0.1, 0.15) is 0 Å². The highest BCUT2D eigenvalue weighted by atomic mass is 16.6. The highest BCUT2D eigenvalue weighted by Crippen LogP contribution is 2.28. The molecule has 1 aromatic carbocycles. The predicted molar refractivity (Wildman–Crippen MR) is 81.4 cm³/mol. The number of carbonyl (C=O) groups is 1. The first-order chi connectivity index (χ1) is 10.5. The minimum Gasteiger partial charge on any atom is -0.490 e. The van der Waals surface area contributed by atoms with Crippen LogP contribution in [0.1, 0.15) is 31.2 Å². The standard InChI is InChI=1S/C15H21N3O4/c1-22-14-7-6-10(8-13(14)18(20)21)9-17-12-5-3-2-4-11(12)15(16)19/h6-8,11-12,17H,2-5,9H2,1H3,(H2,16,19)/t11-,12+/m0/s1. The van der Waals surface area contributed by atoms with Crippen LogP contribution in [-0.4, -0.2) is 24.0 Å². The molecule has 0 aliphatic heterocycles. The summed E-state index contributed by atoms with van der Waals surface area (Å²) in [4.78, 5) is 22.0. The molecule has 0 aromatic heterocycles. The first-order valence-electron chi connectivity index (χ1n) is 7.37. The fraction of sp³-hybridized carbons (Fsp3) is 0.533. The number of carbonyl (C=O) groups excluding carboxylic acids is 1. The van der Waals surface area contributed by atoms with Gasteiger partial charge < -0.3 is 15.8 Å². The highest BCUT2D eigenvalue weighted by Gasteiger charge is 2.29. The summed E-state index contributed by atoms with van der Waals surface area (Å²) in [6.45, 7) is 0.458. The van der Waals surface area contributed by atoms with E-state index in [0.717, 1.165) is 31.2 Å². The quantitative estimate of drug-likeness (QED) is 0.615. The van der Waals surface area contributed by atoms with Crippen molar-refractivity contribution in [3.63, 3.8) is 0 Å². The molecule has 22 heavy (non-hydrogen) atoms. The average Bonchev–Trinajstić information content (AvgIpc) is 2.52. The highest BCUT2D eigenvalue weighted by molar-refractivity contribution is 5.77. The van der Waals surface area contributed by atoms with Crippen molar-refractivity contribution in [2.24, 2.45) is 11.7 Å². The van der Waals surface area contributed by atoms with Gasteiger partial charge in [-0.25, -0.2) is 0 Å². The van der Waals surface area contributed by atoms with Gasteiger partial charge in [-0.3, -0.25) is 14.9 Å². The van der Waals surface area contributed by atoms with E-state index in [1.807, 2.05) is 0 Å². The molecular weight excluding hydrogens is 286 g/mol. The predicted octanol–water partition coefficient (Wildman–Crippen LogP) is 1.74. The van der Waals surface area contributed by atoms with Gasteiger partial charge in [0, 0.05) is 18.7 Å². The van der Waals surface area contributed by atoms with Crippen LogP contribution in [0.3, 0.4) is 0 Å². The Hall–Kier alpha value is -2.15. The Morgan fingerprint density at radius 1 is 1.45 bits per heavy atom. The molecule has 0 heterocycles. The van der Waals surface area contributed by atoms with E-state index in [1.54, 1.807) is 12.1 Å². The third kappa shape index (κ3) is 3.73. The van der Waals surface area contributed by atoms with Crippen molar-refractivity contribution in [1.29, 1.82) is 0 Å². The lowest BCUT2D eigenvalue weighted by atomic mass is 9.84. The minimum atomic E-state index is -0.463. The van der Waals surface area contributed by atoms with E-state index in [-0.39, 0.29) is 29.3 Å². The molecule has 7 heteroatoms. The summed E-state index contributed by atoms with van der Waals surface area (Å²) in [5.74, 6) is -0.207. The second kappa shape index (κ2) is 7.22. The van der Waals surface area contributed by atoms with Crippen LogP contribution in [0.15, 0.2) is 18.2 Å². The Morgan fingerprint density at radius 2 is 2.18 bits per heavy atom. The third-order valence-electron chi connectivity index (χ3n) is 4.14. The van der Waals surface area contributed by atoms with Gasteiger partial charge >= 0.3 is 5.69 Å². The lowest BCUT2D eigenvalue weighted by Gasteiger charge is -2.30. The Bertz CT molecular complexity index is 562. The molecule has 1 aromatic rings. The van der Waals surface area contributed by atoms with Crippen molar-refractivity contribution in [3.8, 4) is 5.75 Å². The largest absolute Gasteiger partial charge is 0.490 e. The number of benzene rings is 1. The number of amides is 1. The molecular formula is C15H21N3O4. The van der Waals surface area contributed by atoms with Crippen LogP contribution in [0.5, 0.6) is 5.75 Å². The zero-order chi connectivity index (χ0) is 16.1. The fourth-order valence-corrected chi connectivity index (χ4v) is 2.95. The summed E-state index contributed by atoms with van der Waals surface area (Å²) in [6, 6.07) is 4.89. The van der Waals surface area contributed by atoms with E-state index in [4.69, 9.17) is 10.5 Å². The minimum absolute atomic E-state index is 0.0346. The van der Waals surface area contributed by atoms with Gasteiger partial charge in [0.15, 0.2) is 5.75 Å². The number of primary amides is 1. The number of nitrogens with one attached hydrogen (secondary N) is 1. The van der Waals surface area contributed by atoms with E-state index in [2.05, 4.69) is 5.32 Å². The van der Waals surface area contributed by atoms with Gasteiger partial charge in [-0.15, -0.1) is 0 Å². The van der Waals surface area contributed by atoms with Crippen LogP contribution in [-0.2, 0) is 11.3 Å². The third-order valence-corrected chi connectivity index (χ3v) is 4.14. The zero-order valence-corrected chi connectivity index (χ0v) is 12.6. The molecule has 1 aliphatic carbocycles. The normalized spacial score (nSPS) is 21.3. The maximum Gasteiger partial charge on any atom is 0.311 e. The lowest BCUT2D eigenvalue weighted by Crippen LogP contribution is -2.44. The molecule has 120 valence electrons. The number of nitrogens with two attached hydrogens (primary N) is 1. The molecule has 1 saturated carbocycles. The number of hydrogen-bond donors (Lipinski definition) is 2. The van der Waals surface area contributed by atoms with Crippen LogP contribution in [0.4, 0.5) is 5.69 Å². The number of nitro groups is 1. The van der Waals surface area contributed by atoms with Gasteiger partial charge in [-0.05, 0) is 24.5 Å². The number of hydrogen-bond acceptors (Lipinski definition) is 5. The zero-order valence-electron chi connectivity index (χ0n) is 12.6. The fourth-order valence-electron chi connectivity index (χ4n) is 2.95. The van der Waals surface area contributed by atoms with Crippen molar-refractivity contribution in [2.75, 3.05) is 7.11 Å². The lowest BCUT2D eigenvalue weighted by molar-refractivity contribution is -0.385. The molecule has 0 radical (unpaired) electrons. The summed E-state index contributed by atoms with van der Waals surface area (Å²) < 4.78 is 4.98. The summed E-state index contributed by atoms with van der Waals surface area (Å²) >= 11 is 0. The second-order valence-corrected chi connectivity index (χ2v) is 5.54. The first kappa shape index (κ1) is 16.2. The van der Waals surface area contributed by atoms with Crippen molar-refractivity contribution >= 4 is 11.6 Å². The molecule has 0 spiro atoms. The molecule has 2 atom stereocenters.